The molecule has 3 amide bonds. The third-order valence-corrected chi connectivity index (χ3v) is 11.3. The molecule has 0 bridgehead atoms. The molecular weight excluding hydrogens is 710 g/mol. The van der Waals surface area contributed by atoms with Crippen LogP contribution in [0.25, 0.3) is 6.08 Å². The molecule has 262 valence electrons. The molecule has 1 atom stereocenters. The topological polar surface area (TPSA) is 114 Å². The number of hydrogen-bond donors (Lipinski definition) is 3. The molecule has 1 aromatic heterocycles. The highest BCUT2D eigenvalue weighted by Gasteiger charge is 2.27. The second kappa shape index (κ2) is 17.4. The molecule has 0 saturated carbocycles. The molecule has 1 aliphatic rings. The molecule has 0 aliphatic carbocycles. The maximum Gasteiger partial charge on any atom is 0.272 e. The summed E-state index contributed by atoms with van der Waals surface area (Å²) in [4.78, 5) is 44.5. The smallest absolute Gasteiger partial charge is 0.272 e. The van der Waals surface area contributed by atoms with Crippen molar-refractivity contribution in [1.29, 1.82) is 5.26 Å². The van der Waals surface area contributed by atoms with Crippen LogP contribution in [0.4, 0.5) is 10.7 Å². The first kappa shape index (κ1) is 36.6. The van der Waals surface area contributed by atoms with Crippen LogP contribution in [0.15, 0.2) is 120 Å². The number of nitrogens with one attached hydrogen (secondary N) is 3. The first-order valence-electron chi connectivity index (χ1n) is 16.8. The lowest BCUT2D eigenvalue weighted by Gasteiger charge is -2.26. The van der Waals surface area contributed by atoms with Crippen LogP contribution in [-0.4, -0.2) is 34.4 Å². The maximum atomic E-state index is 13.6. The molecular formula is C41H36ClN5O3S2. The van der Waals surface area contributed by atoms with E-state index < -0.39 is 17.1 Å². The van der Waals surface area contributed by atoms with Crippen molar-refractivity contribution in [2.24, 2.45) is 0 Å². The predicted molar refractivity (Wildman–Crippen MR) is 210 cm³/mol. The Balaban J connectivity index is 1.13. The number of carbonyl (C=O) groups is 3. The van der Waals surface area contributed by atoms with Gasteiger partial charge in [0.05, 0.1) is 10.8 Å². The van der Waals surface area contributed by atoms with E-state index in [1.807, 2.05) is 31.2 Å². The summed E-state index contributed by atoms with van der Waals surface area (Å²) in [6.45, 7) is 4.35. The molecule has 0 spiro atoms. The number of nitrogens with zero attached hydrogens (tertiary/aromatic N) is 2. The van der Waals surface area contributed by atoms with Gasteiger partial charge in [-0.2, -0.15) is 5.26 Å². The molecule has 3 N–H and O–H groups in total. The van der Waals surface area contributed by atoms with Crippen molar-refractivity contribution in [3.63, 3.8) is 0 Å². The van der Waals surface area contributed by atoms with E-state index in [1.54, 1.807) is 72.8 Å². The molecule has 52 heavy (non-hydrogen) atoms. The van der Waals surface area contributed by atoms with E-state index in [-0.39, 0.29) is 11.6 Å². The largest absolute Gasteiger partial charge is 0.321 e. The highest BCUT2D eigenvalue weighted by molar-refractivity contribution is 8.00. The Bertz CT molecular complexity index is 2150. The third-order valence-electron chi connectivity index (χ3n) is 8.50. The first-order valence-corrected chi connectivity index (χ1v) is 18.9. The SMILES string of the molecule is CCC(Sc1cccc(NC(=O)/C(=C\c2ccccc2Cl)NC(=O)c2ccccc2)c1)C(=O)Nc1sc2c(c1C#N)CCN(Cc1ccccc1)C2. The lowest BCUT2D eigenvalue weighted by Crippen LogP contribution is -2.30. The van der Waals surface area contributed by atoms with Crippen LogP contribution in [-0.2, 0) is 29.1 Å². The number of amides is 3. The Morgan fingerprint density at radius 1 is 0.962 bits per heavy atom. The van der Waals surface area contributed by atoms with Crippen molar-refractivity contribution in [2.45, 2.75) is 43.0 Å². The van der Waals surface area contributed by atoms with Crippen LogP contribution in [0, 0.1) is 11.3 Å². The van der Waals surface area contributed by atoms with Crippen LogP contribution >= 0.6 is 34.7 Å². The fourth-order valence-electron chi connectivity index (χ4n) is 5.85. The number of halogens is 1. The zero-order valence-electron chi connectivity index (χ0n) is 28.4. The van der Waals surface area contributed by atoms with Gasteiger partial charge in [0.15, 0.2) is 0 Å². The average Bonchev–Trinajstić information content (AvgIpc) is 3.51. The number of fused-ring (bicyclic) bond motifs is 1. The van der Waals surface area contributed by atoms with E-state index in [1.165, 1.54) is 34.7 Å². The van der Waals surface area contributed by atoms with Gasteiger partial charge in [-0.3, -0.25) is 19.3 Å². The number of benzene rings is 4. The Hall–Kier alpha value is -5.18. The Kier molecular flexibility index (Phi) is 12.2. The maximum absolute atomic E-state index is 13.6. The zero-order chi connectivity index (χ0) is 36.5. The number of anilines is 2. The van der Waals surface area contributed by atoms with E-state index in [4.69, 9.17) is 11.6 Å². The number of hydrogen-bond acceptors (Lipinski definition) is 7. The third kappa shape index (κ3) is 9.18. The molecule has 0 radical (unpaired) electrons. The normalized spacial score (nSPS) is 13.4. The number of thioether (sulfide) groups is 1. The minimum Gasteiger partial charge on any atom is -0.321 e. The molecule has 0 fully saturated rings. The van der Waals surface area contributed by atoms with Crippen molar-refractivity contribution >= 4 is 69.2 Å². The summed E-state index contributed by atoms with van der Waals surface area (Å²) in [7, 11) is 0. The number of thiophene rings is 1. The summed E-state index contributed by atoms with van der Waals surface area (Å²) in [5, 5.41) is 19.3. The van der Waals surface area contributed by atoms with E-state index in [9.17, 15) is 19.6 Å². The molecule has 11 heteroatoms. The molecule has 2 heterocycles. The number of rotatable bonds is 12. The van der Waals surface area contributed by atoms with E-state index in [2.05, 4.69) is 39.1 Å². The fourth-order valence-corrected chi connectivity index (χ4v) is 8.30. The van der Waals surface area contributed by atoms with Crippen molar-refractivity contribution in [1.82, 2.24) is 10.2 Å². The van der Waals surface area contributed by atoms with Gasteiger partial charge in [-0.15, -0.1) is 23.1 Å². The van der Waals surface area contributed by atoms with Gasteiger partial charge in [-0.05, 0) is 72.0 Å². The number of nitriles is 1. The van der Waals surface area contributed by atoms with Crippen molar-refractivity contribution in [3.8, 4) is 6.07 Å². The Labute approximate surface area is 316 Å². The lowest BCUT2D eigenvalue weighted by molar-refractivity contribution is -0.116. The van der Waals surface area contributed by atoms with Crippen molar-refractivity contribution < 1.29 is 14.4 Å². The van der Waals surface area contributed by atoms with Gasteiger partial charge in [0, 0.05) is 45.7 Å². The van der Waals surface area contributed by atoms with Crippen LogP contribution in [0.5, 0.6) is 0 Å². The molecule has 0 saturated heterocycles. The highest BCUT2D eigenvalue weighted by Crippen LogP contribution is 2.38. The summed E-state index contributed by atoms with van der Waals surface area (Å²) in [6.07, 6.45) is 2.83. The lowest BCUT2D eigenvalue weighted by atomic mass is 10.0. The van der Waals surface area contributed by atoms with Crippen molar-refractivity contribution in [3.05, 3.63) is 153 Å². The second-order valence-corrected chi connectivity index (χ2v) is 14.9. The Morgan fingerprint density at radius 2 is 1.69 bits per heavy atom. The summed E-state index contributed by atoms with van der Waals surface area (Å²) in [6, 6.07) is 35.5. The minimum absolute atomic E-state index is 0.0148. The number of carbonyl (C=O) groups excluding carboxylic acids is 3. The molecule has 1 unspecified atom stereocenters. The van der Waals surface area contributed by atoms with Crippen LogP contribution in [0.1, 0.15) is 50.8 Å². The fraction of sp³-hybridized carbons (Fsp3) is 0.171. The summed E-state index contributed by atoms with van der Waals surface area (Å²) in [5.41, 5.74) is 4.29. The summed E-state index contributed by atoms with van der Waals surface area (Å²) in [5.74, 6) is -1.17. The average molecular weight is 746 g/mol. The summed E-state index contributed by atoms with van der Waals surface area (Å²) >= 11 is 9.24. The minimum atomic E-state index is -0.538. The summed E-state index contributed by atoms with van der Waals surface area (Å²) < 4.78 is 0. The van der Waals surface area contributed by atoms with Crippen molar-refractivity contribution in [2.75, 3.05) is 17.2 Å². The second-order valence-electron chi connectivity index (χ2n) is 12.2. The van der Waals surface area contributed by atoms with Gasteiger partial charge < -0.3 is 16.0 Å². The first-order chi connectivity index (χ1) is 25.3. The molecule has 6 rings (SSSR count). The van der Waals surface area contributed by atoms with Crippen LogP contribution < -0.4 is 16.0 Å². The van der Waals surface area contributed by atoms with E-state index in [0.29, 0.717) is 38.8 Å². The zero-order valence-corrected chi connectivity index (χ0v) is 30.8. The van der Waals surface area contributed by atoms with Gasteiger partial charge in [0.2, 0.25) is 5.91 Å². The van der Waals surface area contributed by atoms with Crippen LogP contribution in [0.2, 0.25) is 5.02 Å². The predicted octanol–water partition coefficient (Wildman–Crippen LogP) is 8.75. The van der Waals surface area contributed by atoms with Crippen LogP contribution in [0.3, 0.4) is 0 Å². The monoisotopic (exact) mass is 745 g/mol. The van der Waals surface area contributed by atoms with Gasteiger partial charge in [0.25, 0.3) is 11.8 Å². The van der Waals surface area contributed by atoms with Gasteiger partial charge in [-0.25, -0.2) is 0 Å². The Morgan fingerprint density at radius 3 is 2.42 bits per heavy atom. The van der Waals surface area contributed by atoms with E-state index >= 15 is 0 Å². The van der Waals surface area contributed by atoms with Gasteiger partial charge >= 0.3 is 0 Å². The molecule has 5 aromatic rings. The quantitative estimate of drug-likeness (QED) is 0.0870. The molecule has 4 aromatic carbocycles. The van der Waals surface area contributed by atoms with Gasteiger partial charge in [-0.1, -0.05) is 91.3 Å². The molecule has 1 aliphatic heterocycles. The van der Waals surface area contributed by atoms with E-state index in [0.717, 1.165) is 41.4 Å². The highest BCUT2D eigenvalue weighted by atomic mass is 35.5. The molecule has 8 nitrogen and oxygen atoms in total. The van der Waals surface area contributed by atoms with Gasteiger partial charge in [0.1, 0.15) is 16.8 Å². The standard InChI is InChI=1S/C41H36ClN5O3S2/c1-2-36(40(50)46-41-33(24-43)32-20-21-47(26-37(32)52-41)25-27-12-5-3-6-13-27)51-31-18-11-17-30(23-31)44-39(49)35(22-29-16-9-10-19-34(29)42)45-38(48)28-14-7-4-8-15-28/h3-19,22-23,36H,2,20-21,25-26H2,1H3,(H,44,49)(H,45,48)(H,46,50)/b35-22+.